The molecule has 3 heteroatoms. The van der Waals surface area contributed by atoms with Crippen molar-refractivity contribution in [3.8, 4) is 0 Å². The molecule has 1 heterocycles. The molecule has 1 aliphatic rings. The Morgan fingerprint density at radius 2 is 2.31 bits per heavy atom. The summed E-state index contributed by atoms with van der Waals surface area (Å²) < 4.78 is 0. The van der Waals surface area contributed by atoms with Crippen LogP contribution in [0.15, 0.2) is 18.3 Å². The molecule has 0 amide bonds. The van der Waals surface area contributed by atoms with Gasteiger partial charge in [0.25, 0.3) is 0 Å². The van der Waals surface area contributed by atoms with Crippen LogP contribution in [0.3, 0.4) is 0 Å². The average Bonchev–Trinajstić information content (AvgIpc) is 2.76. The largest absolute Gasteiger partial charge is 0.330 e. The number of hydrogen-bond donors (Lipinski definition) is 2. The maximum Gasteiger partial charge on any atom is 0.0372 e. The lowest BCUT2D eigenvalue weighted by atomic mass is 10.0. The van der Waals surface area contributed by atoms with Gasteiger partial charge in [0, 0.05) is 24.5 Å². The molecule has 2 unspecified atom stereocenters. The van der Waals surface area contributed by atoms with Crippen molar-refractivity contribution in [2.24, 2.45) is 11.7 Å². The van der Waals surface area contributed by atoms with E-state index in [9.17, 15) is 0 Å². The van der Waals surface area contributed by atoms with E-state index in [4.69, 9.17) is 5.73 Å². The first-order valence-corrected chi connectivity index (χ1v) is 6.14. The fourth-order valence-corrected chi connectivity index (χ4v) is 2.44. The Morgan fingerprint density at radius 3 is 3.00 bits per heavy atom. The molecule has 0 aromatic carbocycles. The zero-order valence-electron chi connectivity index (χ0n) is 9.95. The molecule has 0 radical (unpaired) electrons. The third kappa shape index (κ3) is 2.80. The minimum absolute atomic E-state index is 0.603. The minimum Gasteiger partial charge on any atom is -0.330 e. The molecule has 1 saturated carbocycles. The molecule has 0 bridgehead atoms. The highest BCUT2D eigenvalue weighted by Gasteiger charge is 2.25. The van der Waals surface area contributed by atoms with Crippen LogP contribution in [0, 0.1) is 12.8 Å². The number of pyridine rings is 1. The minimum atomic E-state index is 0.603. The summed E-state index contributed by atoms with van der Waals surface area (Å²) in [5.74, 6) is 0.665. The molecule has 3 N–H and O–H groups in total. The van der Waals surface area contributed by atoms with Crippen LogP contribution in [0.1, 0.15) is 30.5 Å². The zero-order chi connectivity index (χ0) is 11.4. The molecular formula is C13H21N3. The van der Waals surface area contributed by atoms with Gasteiger partial charge in [0.05, 0.1) is 0 Å². The van der Waals surface area contributed by atoms with Crippen molar-refractivity contribution in [2.75, 3.05) is 6.54 Å². The van der Waals surface area contributed by atoms with Crippen molar-refractivity contribution < 1.29 is 0 Å². The second-order valence-corrected chi connectivity index (χ2v) is 4.72. The quantitative estimate of drug-likeness (QED) is 0.809. The average molecular weight is 219 g/mol. The fourth-order valence-electron chi connectivity index (χ4n) is 2.44. The van der Waals surface area contributed by atoms with Crippen LogP contribution in [0.5, 0.6) is 0 Å². The highest BCUT2D eigenvalue weighted by Crippen LogP contribution is 2.24. The van der Waals surface area contributed by atoms with E-state index in [1.54, 1.807) is 0 Å². The predicted octanol–water partition coefficient (Wildman–Crippen LogP) is 1.61. The van der Waals surface area contributed by atoms with Gasteiger partial charge in [-0.1, -0.05) is 12.5 Å². The van der Waals surface area contributed by atoms with E-state index in [2.05, 4.69) is 22.4 Å². The van der Waals surface area contributed by atoms with Gasteiger partial charge < -0.3 is 11.1 Å². The Bertz CT molecular complexity index is 320. The van der Waals surface area contributed by atoms with Gasteiger partial charge in [-0.3, -0.25) is 4.98 Å². The van der Waals surface area contributed by atoms with Gasteiger partial charge in [-0.05, 0) is 43.9 Å². The van der Waals surface area contributed by atoms with Gasteiger partial charge in [-0.15, -0.1) is 0 Å². The Hall–Kier alpha value is -0.930. The molecular weight excluding hydrogens is 198 g/mol. The van der Waals surface area contributed by atoms with E-state index in [0.717, 1.165) is 18.8 Å². The summed E-state index contributed by atoms with van der Waals surface area (Å²) in [4.78, 5) is 4.30. The third-order valence-electron chi connectivity index (χ3n) is 3.50. The van der Waals surface area contributed by atoms with Crippen molar-refractivity contribution in [3.63, 3.8) is 0 Å². The number of nitrogens with one attached hydrogen (secondary N) is 1. The molecule has 0 spiro atoms. The molecule has 1 aromatic rings. The van der Waals surface area contributed by atoms with E-state index < -0.39 is 0 Å². The Morgan fingerprint density at radius 1 is 1.44 bits per heavy atom. The lowest BCUT2D eigenvalue weighted by Gasteiger charge is -2.19. The summed E-state index contributed by atoms with van der Waals surface area (Å²) in [7, 11) is 0. The van der Waals surface area contributed by atoms with Gasteiger partial charge in [0.15, 0.2) is 0 Å². The van der Waals surface area contributed by atoms with E-state index in [-0.39, 0.29) is 0 Å². The standard InChI is InChI=1S/C13H21N3/c1-10-5-6-11(8-15-10)9-16-13-4-2-3-12(13)7-14/h5-6,8,12-13,16H,2-4,7,9,14H2,1H3. The van der Waals surface area contributed by atoms with Crippen molar-refractivity contribution in [3.05, 3.63) is 29.6 Å². The normalized spacial score (nSPS) is 24.9. The van der Waals surface area contributed by atoms with E-state index in [1.807, 2.05) is 13.1 Å². The van der Waals surface area contributed by atoms with Gasteiger partial charge in [-0.25, -0.2) is 0 Å². The smallest absolute Gasteiger partial charge is 0.0372 e. The summed E-state index contributed by atoms with van der Waals surface area (Å²) in [5, 5.41) is 3.60. The topological polar surface area (TPSA) is 50.9 Å². The van der Waals surface area contributed by atoms with Gasteiger partial charge >= 0.3 is 0 Å². The lowest BCUT2D eigenvalue weighted by Crippen LogP contribution is -2.35. The molecule has 2 atom stereocenters. The summed E-state index contributed by atoms with van der Waals surface area (Å²) in [6.07, 6.45) is 5.81. The molecule has 2 rings (SSSR count). The van der Waals surface area contributed by atoms with Gasteiger partial charge in [-0.2, -0.15) is 0 Å². The summed E-state index contributed by atoms with van der Waals surface area (Å²) in [5.41, 5.74) is 8.09. The Labute approximate surface area is 97.5 Å². The summed E-state index contributed by atoms with van der Waals surface area (Å²) in [6.45, 7) is 3.73. The van der Waals surface area contributed by atoms with E-state index in [0.29, 0.717) is 12.0 Å². The van der Waals surface area contributed by atoms with E-state index >= 15 is 0 Å². The third-order valence-corrected chi connectivity index (χ3v) is 3.50. The highest BCUT2D eigenvalue weighted by atomic mass is 14.9. The number of nitrogens with two attached hydrogens (primary N) is 1. The number of hydrogen-bond acceptors (Lipinski definition) is 3. The first-order chi connectivity index (χ1) is 7.79. The van der Waals surface area contributed by atoms with Crippen LogP contribution >= 0.6 is 0 Å². The molecule has 3 nitrogen and oxygen atoms in total. The van der Waals surface area contributed by atoms with Gasteiger partial charge in [0.1, 0.15) is 0 Å². The SMILES string of the molecule is Cc1ccc(CNC2CCCC2CN)cn1. The lowest BCUT2D eigenvalue weighted by molar-refractivity contribution is 0.406. The fraction of sp³-hybridized carbons (Fsp3) is 0.615. The summed E-state index contributed by atoms with van der Waals surface area (Å²) >= 11 is 0. The second kappa shape index (κ2) is 5.41. The highest BCUT2D eigenvalue weighted by molar-refractivity contribution is 5.13. The maximum absolute atomic E-state index is 5.76. The number of nitrogens with zero attached hydrogens (tertiary/aromatic N) is 1. The van der Waals surface area contributed by atoms with Crippen LogP contribution in [0.25, 0.3) is 0 Å². The number of aromatic nitrogens is 1. The van der Waals surface area contributed by atoms with Crippen LogP contribution in [-0.4, -0.2) is 17.6 Å². The van der Waals surface area contributed by atoms with Crippen molar-refractivity contribution >= 4 is 0 Å². The Kier molecular flexibility index (Phi) is 3.91. The Balaban J connectivity index is 1.85. The first kappa shape index (κ1) is 11.6. The maximum atomic E-state index is 5.76. The van der Waals surface area contributed by atoms with Crippen molar-refractivity contribution in [1.29, 1.82) is 0 Å². The predicted molar refractivity (Wildman–Crippen MR) is 66.0 cm³/mol. The molecule has 1 aromatic heterocycles. The van der Waals surface area contributed by atoms with Gasteiger partial charge in [0.2, 0.25) is 0 Å². The van der Waals surface area contributed by atoms with Crippen molar-refractivity contribution in [1.82, 2.24) is 10.3 Å². The van der Waals surface area contributed by atoms with Crippen LogP contribution in [0.4, 0.5) is 0 Å². The second-order valence-electron chi connectivity index (χ2n) is 4.72. The van der Waals surface area contributed by atoms with Crippen LogP contribution in [-0.2, 0) is 6.54 Å². The van der Waals surface area contributed by atoms with E-state index in [1.165, 1.54) is 24.8 Å². The molecule has 0 aliphatic heterocycles. The molecule has 1 fully saturated rings. The molecule has 16 heavy (non-hydrogen) atoms. The van der Waals surface area contributed by atoms with Crippen LogP contribution in [0.2, 0.25) is 0 Å². The number of aryl methyl sites for hydroxylation is 1. The number of rotatable bonds is 4. The van der Waals surface area contributed by atoms with Crippen molar-refractivity contribution in [2.45, 2.75) is 38.8 Å². The van der Waals surface area contributed by atoms with Crippen LogP contribution < -0.4 is 11.1 Å². The molecule has 0 saturated heterocycles. The first-order valence-electron chi connectivity index (χ1n) is 6.14. The molecule has 88 valence electrons. The summed E-state index contributed by atoms with van der Waals surface area (Å²) in [6, 6.07) is 4.81. The zero-order valence-corrected chi connectivity index (χ0v) is 9.95. The monoisotopic (exact) mass is 219 g/mol. The molecule has 1 aliphatic carbocycles.